The number of hydrogen-bond acceptors (Lipinski definition) is 9. The lowest BCUT2D eigenvalue weighted by molar-refractivity contribution is -0.303. The second-order valence-electron chi connectivity index (χ2n) is 15.0. The average molecular weight is 742 g/mol. The largest absolute Gasteiger partial charge is 0.394 e. The van der Waals surface area contributed by atoms with Gasteiger partial charge in [-0.1, -0.05) is 154 Å². The molecule has 10 nitrogen and oxygen atoms in total. The number of rotatable bonds is 34. The van der Waals surface area contributed by atoms with E-state index in [4.69, 9.17) is 9.47 Å². The van der Waals surface area contributed by atoms with Gasteiger partial charge in [-0.15, -0.1) is 0 Å². The maximum absolute atomic E-state index is 12.9. The summed E-state index contributed by atoms with van der Waals surface area (Å²) in [5.41, 5.74) is 0. The van der Waals surface area contributed by atoms with Crippen LogP contribution in [-0.4, -0.2) is 98.7 Å². The summed E-state index contributed by atoms with van der Waals surface area (Å²) in [5, 5.41) is 64.9. The topological polar surface area (TPSA) is 169 Å². The number of allylic oxidation sites excluding steroid dienone is 4. The number of ether oxygens (including phenoxy) is 2. The fourth-order valence-corrected chi connectivity index (χ4v) is 6.66. The molecule has 1 rings (SSSR count). The highest BCUT2D eigenvalue weighted by Crippen LogP contribution is 2.23. The van der Waals surface area contributed by atoms with Crippen LogP contribution in [0.15, 0.2) is 24.3 Å². The maximum atomic E-state index is 12.9. The summed E-state index contributed by atoms with van der Waals surface area (Å²) in [6.07, 6.45) is 26.1. The van der Waals surface area contributed by atoms with E-state index in [0.29, 0.717) is 12.8 Å². The molecule has 0 aliphatic carbocycles. The Labute approximate surface area is 316 Å². The molecule has 0 aromatic heterocycles. The van der Waals surface area contributed by atoms with Crippen LogP contribution in [0.3, 0.4) is 0 Å². The van der Waals surface area contributed by atoms with Crippen molar-refractivity contribution in [3.8, 4) is 0 Å². The minimum Gasteiger partial charge on any atom is -0.394 e. The quantitative estimate of drug-likeness (QED) is 0.0274. The summed E-state index contributed by atoms with van der Waals surface area (Å²) < 4.78 is 11.1. The van der Waals surface area contributed by atoms with Gasteiger partial charge in [0.05, 0.1) is 25.4 Å². The summed E-state index contributed by atoms with van der Waals surface area (Å²) >= 11 is 0. The highest BCUT2D eigenvalue weighted by atomic mass is 16.7. The van der Waals surface area contributed by atoms with Crippen molar-refractivity contribution in [1.29, 1.82) is 0 Å². The first-order valence-electron chi connectivity index (χ1n) is 21.2. The SMILES string of the molecule is CCCCCC/C=C/C=C\CCCCCCCC(=O)N[C@@H](COC1OC(CO)C(O)C(O)[C@@H]1O)[C@H](O)[C@H](O)CCCCCCCCCCCCCC. The van der Waals surface area contributed by atoms with Gasteiger partial charge in [0.2, 0.25) is 5.91 Å². The molecule has 1 heterocycles. The van der Waals surface area contributed by atoms with Gasteiger partial charge in [-0.2, -0.15) is 0 Å². The third-order valence-corrected chi connectivity index (χ3v) is 10.2. The zero-order valence-electron chi connectivity index (χ0n) is 32.9. The second-order valence-corrected chi connectivity index (χ2v) is 15.0. The van der Waals surface area contributed by atoms with Crippen molar-refractivity contribution in [3.05, 3.63) is 24.3 Å². The predicted octanol–water partition coefficient (Wildman–Crippen LogP) is 6.91. The van der Waals surface area contributed by atoms with Gasteiger partial charge in [0.15, 0.2) is 6.29 Å². The Morgan fingerprint density at radius 1 is 0.673 bits per heavy atom. The first-order valence-corrected chi connectivity index (χ1v) is 21.2. The van der Waals surface area contributed by atoms with E-state index in [2.05, 4.69) is 43.5 Å². The molecule has 1 saturated heterocycles. The van der Waals surface area contributed by atoms with Crippen molar-refractivity contribution in [2.24, 2.45) is 0 Å². The Morgan fingerprint density at radius 2 is 1.15 bits per heavy atom. The van der Waals surface area contributed by atoms with Crippen LogP contribution in [0.4, 0.5) is 0 Å². The van der Waals surface area contributed by atoms with E-state index in [1.54, 1.807) is 0 Å². The Hall–Kier alpha value is -1.37. The molecule has 0 radical (unpaired) electrons. The van der Waals surface area contributed by atoms with Gasteiger partial charge in [-0.25, -0.2) is 0 Å². The molecule has 10 heteroatoms. The standard InChI is InChI=1S/C42H79NO9/c1-3-5-7-9-11-13-15-17-18-19-21-23-25-27-29-31-37(46)43-34(33-51-42-41(50)40(49)39(48)36(32-44)52-42)38(47)35(45)30-28-26-24-22-20-16-14-12-10-8-6-4-2/h13,15,17-18,34-36,38-42,44-45,47-50H,3-12,14,16,19-33H2,1-2H3,(H,43,46)/b15-13+,18-17-/t34-,35+,36?,38-,39?,40?,41-,42?/m0/s1. The van der Waals surface area contributed by atoms with E-state index in [0.717, 1.165) is 64.2 Å². The van der Waals surface area contributed by atoms with E-state index in [1.165, 1.54) is 77.0 Å². The monoisotopic (exact) mass is 742 g/mol. The molecule has 1 amide bonds. The summed E-state index contributed by atoms with van der Waals surface area (Å²) in [6, 6.07) is -0.996. The number of carbonyl (C=O) groups is 1. The third-order valence-electron chi connectivity index (χ3n) is 10.2. The number of aliphatic hydroxyl groups excluding tert-OH is 6. The maximum Gasteiger partial charge on any atom is 0.220 e. The molecule has 306 valence electrons. The number of carbonyl (C=O) groups excluding carboxylic acids is 1. The molecule has 0 spiro atoms. The summed E-state index contributed by atoms with van der Waals surface area (Å²) in [7, 11) is 0. The van der Waals surface area contributed by atoms with E-state index in [-0.39, 0.29) is 18.9 Å². The smallest absolute Gasteiger partial charge is 0.220 e. The van der Waals surface area contributed by atoms with Gasteiger partial charge in [-0.05, 0) is 38.5 Å². The normalized spacial score (nSPS) is 22.7. The molecule has 1 aliphatic rings. The molecule has 4 unspecified atom stereocenters. The van der Waals surface area contributed by atoms with Crippen LogP contribution >= 0.6 is 0 Å². The van der Waals surface area contributed by atoms with Crippen LogP contribution in [0, 0.1) is 0 Å². The summed E-state index contributed by atoms with van der Waals surface area (Å²) in [6.45, 7) is 3.55. The van der Waals surface area contributed by atoms with Crippen LogP contribution in [-0.2, 0) is 14.3 Å². The van der Waals surface area contributed by atoms with Crippen molar-refractivity contribution in [1.82, 2.24) is 5.32 Å². The van der Waals surface area contributed by atoms with Crippen molar-refractivity contribution in [2.75, 3.05) is 13.2 Å². The third kappa shape index (κ3) is 23.4. The molecule has 0 bridgehead atoms. The summed E-state index contributed by atoms with van der Waals surface area (Å²) in [4.78, 5) is 12.9. The molecule has 7 N–H and O–H groups in total. The van der Waals surface area contributed by atoms with Crippen LogP contribution in [0.2, 0.25) is 0 Å². The van der Waals surface area contributed by atoms with E-state index in [9.17, 15) is 35.4 Å². The van der Waals surface area contributed by atoms with Gasteiger partial charge in [0.1, 0.15) is 30.5 Å². The Kier molecular flexibility index (Phi) is 30.9. The van der Waals surface area contributed by atoms with E-state index >= 15 is 0 Å². The molecule has 8 atom stereocenters. The molecule has 0 aromatic rings. The van der Waals surface area contributed by atoms with Crippen molar-refractivity contribution in [2.45, 2.75) is 223 Å². The predicted molar refractivity (Wildman–Crippen MR) is 209 cm³/mol. The summed E-state index contributed by atoms with van der Waals surface area (Å²) in [5.74, 6) is -0.275. The molecule has 1 aliphatic heterocycles. The van der Waals surface area contributed by atoms with Gasteiger partial charge in [0.25, 0.3) is 0 Å². The fraction of sp³-hybridized carbons (Fsp3) is 0.881. The fourth-order valence-electron chi connectivity index (χ4n) is 6.66. The van der Waals surface area contributed by atoms with Crippen LogP contribution in [0.5, 0.6) is 0 Å². The molecular weight excluding hydrogens is 662 g/mol. The van der Waals surface area contributed by atoms with Gasteiger partial charge in [-0.3, -0.25) is 4.79 Å². The highest BCUT2D eigenvalue weighted by Gasteiger charge is 2.44. The molecular formula is C42H79NO9. The van der Waals surface area contributed by atoms with Gasteiger partial charge in [0, 0.05) is 6.42 Å². The number of amides is 1. The number of unbranched alkanes of at least 4 members (excludes halogenated alkanes) is 20. The zero-order valence-corrected chi connectivity index (χ0v) is 32.9. The first kappa shape index (κ1) is 48.6. The molecule has 0 aromatic carbocycles. The van der Waals surface area contributed by atoms with Crippen molar-refractivity contribution in [3.63, 3.8) is 0 Å². The highest BCUT2D eigenvalue weighted by molar-refractivity contribution is 5.76. The lowest BCUT2D eigenvalue weighted by atomic mass is 9.98. The number of aliphatic hydroxyl groups is 6. The van der Waals surface area contributed by atoms with Crippen LogP contribution in [0.1, 0.15) is 174 Å². The van der Waals surface area contributed by atoms with Crippen molar-refractivity contribution >= 4 is 5.91 Å². The average Bonchev–Trinajstić information content (AvgIpc) is 3.14. The van der Waals surface area contributed by atoms with Gasteiger partial charge < -0.3 is 45.4 Å². The lowest BCUT2D eigenvalue weighted by Gasteiger charge is -2.40. The molecule has 0 saturated carbocycles. The van der Waals surface area contributed by atoms with E-state index < -0.39 is 55.6 Å². The molecule has 1 fully saturated rings. The second kappa shape index (κ2) is 33.0. The Balaban J connectivity index is 2.47. The van der Waals surface area contributed by atoms with Crippen LogP contribution < -0.4 is 5.32 Å². The lowest BCUT2D eigenvalue weighted by Crippen LogP contribution is -2.60. The van der Waals surface area contributed by atoms with Crippen molar-refractivity contribution < 1.29 is 44.9 Å². The Morgan fingerprint density at radius 3 is 1.69 bits per heavy atom. The molecule has 52 heavy (non-hydrogen) atoms. The number of hydrogen-bond donors (Lipinski definition) is 7. The van der Waals surface area contributed by atoms with E-state index in [1.807, 2.05) is 0 Å². The first-order chi connectivity index (χ1) is 25.3. The Bertz CT molecular complexity index is 886. The van der Waals surface area contributed by atoms with Crippen LogP contribution in [0.25, 0.3) is 0 Å². The zero-order chi connectivity index (χ0) is 38.2. The van der Waals surface area contributed by atoms with Gasteiger partial charge >= 0.3 is 0 Å². The minimum atomic E-state index is -1.61. The minimum absolute atomic E-state index is 0.265. The number of nitrogens with one attached hydrogen (secondary N) is 1.